The molecule has 1 aromatic heterocycles. The first-order valence-corrected chi connectivity index (χ1v) is 5.90. The molecule has 1 atom stereocenters. The quantitative estimate of drug-likeness (QED) is 0.846. The molecular weight excluding hydrogens is 196 g/mol. The molecule has 0 saturated heterocycles. The molecule has 1 heterocycles. The second-order valence-corrected chi connectivity index (χ2v) is 4.55. The molecule has 1 aromatic carbocycles. The lowest BCUT2D eigenvalue weighted by Crippen LogP contribution is -2.18. The Hall–Kier alpha value is -1.41. The molecule has 0 amide bonds. The van der Waals surface area contributed by atoms with E-state index < -0.39 is 0 Å². The van der Waals surface area contributed by atoms with Gasteiger partial charge in [-0.1, -0.05) is 18.2 Å². The van der Waals surface area contributed by atoms with Gasteiger partial charge in [0, 0.05) is 23.8 Å². The van der Waals surface area contributed by atoms with Crippen LogP contribution in [0.2, 0.25) is 0 Å². The third-order valence-electron chi connectivity index (χ3n) is 3.46. The van der Waals surface area contributed by atoms with Crippen LogP contribution in [-0.4, -0.2) is 12.0 Å². The Morgan fingerprint density at radius 3 is 2.94 bits per heavy atom. The predicted molar refractivity (Wildman–Crippen MR) is 66.3 cm³/mol. The lowest BCUT2D eigenvalue weighted by Gasteiger charge is -2.17. The number of hydrogen-bond donors (Lipinski definition) is 1. The Morgan fingerprint density at radius 1 is 1.31 bits per heavy atom. The highest BCUT2D eigenvalue weighted by molar-refractivity contribution is 5.85. The lowest BCUT2D eigenvalue weighted by atomic mass is 9.97. The van der Waals surface area contributed by atoms with E-state index in [1.54, 1.807) is 0 Å². The van der Waals surface area contributed by atoms with E-state index in [1.165, 1.54) is 29.2 Å². The fourth-order valence-corrected chi connectivity index (χ4v) is 2.48. The van der Waals surface area contributed by atoms with E-state index in [0.29, 0.717) is 6.04 Å². The van der Waals surface area contributed by atoms with E-state index in [2.05, 4.69) is 41.6 Å². The Labute approximate surface area is 95.7 Å². The standard InChI is InChI=1S/C14H16N2/c1-15-14(11-5-6-11)12-4-2-3-10-7-8-16-9-13(10)12/h2-4,7-9,11,14-15H,5-6H2,1H3. The van der Waals surface area contributed by atoms with Gasteiger partial charge in [0.15, 0.2) is 0 Å². The first-order chi connectivity index (χ1) is 7.90. The van der Waals surface area contributed by atoms with Crippen molar-refractivity contribution in [1.82, 2.24) is 10.3 Å². The minimum absolute atomic E-state index is 0.493. The highest BCUT2D eigenvalue weighted by Crippen LogP contribution is 2.42. The molecule has 1 aliphatic carbocycles. The average molecular weight is 212 g/mol. The molecule has 1 unspecified atom stereocenters. The highest BCUT2D eigenvalue weighted by Gasteiger charge is 2.31. The monoisotopic (exact) mass is 212 g/mol. The minimum atomic E-state index is 0.493. The molecule has 1 aliphatic rings. The number of hydrogen-bond acceptors (Lipinski definition) is 2. The smallest absolute Gasteiger partial charge is 0.0352 e. The summed E-state index contributed by atoms with van der Waals surface area (Å²) < 4.78 is 0. The average Bonchev–Trinajstić information content (AvgIpc) is 3.15. The number of fused-ring (bicyclic) bond motifs is 1. The lowest BCUT2D eigenvalue weighted by molar-refractivity contribution is 0.532. The van der Waals surface area contributed by atoms with E-state index >= 15 is 0 Å². The molecule has 1 N–H and O–H groups in total. The zero-order valence-corrected chi connectivity index (χ0v) is 9.48. The summed E-state index contributed by atoms with van der Waals surface area (Å²) in [6, 6.07) is 9.10. The third-order valence-corrected chi connectivity index (χ3v) is 3.46. The summed E-state index contributed by atoms with van der Waals surface area (Å²) in [5.74, 6) is 0.816. The summed E-state index contributed by atoms with van der Waals surface area (Å²) in [6.45, 7) is 0. The first-order valence-electron chi connectivity index (χ1n) is 5.90. The van der Waals surface area contributed by atoms with Gasteiger partial charge in [-0.25, -0.2) is 0 Å². The molecule has 82 valence electrons. The zero-order valence-electron chi connectivity index (χ0n) is 9.48. The van der Waals surface area contributed by atoms with Crippen LogP contribution in [0.4, 0.5) is 0 Å². The molecule has 3 rings (SSSR count). The summed E-state index contributed by atoms with van der Waals surface area (Å²) in [4.78, 5) is 4.24. The Balaban J connectivity index is 2.14. The summed E-state index contributed by atoms with van der Waals surface area (Å²) in [5, 5.41) is 6.02. The first kappa shape index (κ1) is 9.79. The maximum absolute atomic E-state index is 4.24. The number of nitrogens with one attached hydrogen (secondary N) is 1. The van der Waals surface area contributed by atoms with Gasteiger partial charge in [-0.2, -0.15) is 0 Å². The molecule has 2 nitrogen and oxygen atoms in total. The van der Waals surface area contributed by atoms with Crippen LogP contribution in [0.15, 0.2) is 36.7 Å². The summed E-state index contributed by atoms with van der Waals surface area (Å²) >= 11 is 0. The van der Waals surface area contributed by atoms with Crippen LogP contribution in [0.3, 0.4) is 0 Å². The fourth-order valence-electron chi connectivity index (χ4n) is 2.48. The summed E-state index contributed by atoms with van der Waals surface area (Å²) in [5.41, 5.74) is 1.40. The predicted octanol–water partition coefficient (Wildman–Crippen LogP) is 2.91. The van der Waals surface area contributed by atoms with E-state index in [4.69, 9.17) is 0 Å². The SMILES string of the molecule is CNC(c1cccc2ccncc12)C1CC1. The summed E-state index contributed by atoms with van der Waals surface area (Å²) in [6.07, 6.45) is 6.54. The van der Waals surface area contributed by atoms with Crippen molar-refractivity contribution >= 4 is 10.8 Å². The molecule has 16 heavy (non-hydrogen) atoms. The molecule has 2 aromatic rings. The second-order valence-electron chi connectivity index (χ2n) is 4.55. The van der Waals surface area contributed by atoms with Crippen molar-refractivity contribution in [2.75, 3.05) is 7.05 Å². The van der Waals surface area contributed by atoms with Crippen LogP contribution >= 0.6 is 0 Å². The van der Waals surface area contributed by atoms with Crippen molar-refractivity contribution in [1.29, 1.82) is 0 Å². The van der Waals surface area contributed by atoms with Crippen LogP contribution in [0.1, 0.15) is 24.4 Å². The van der Waals surface area contributed by atoms with Crippen LogP contribution in [0.5, 0.6) is 0 Å². The van der Waals surface area contributed by atoms with E-state index in [1.807, 2.05) is 12.4 Å². The number of benzene rings is 1. The van der Waals surface area contributed by atoms with Crippen LogP contribution in [-0.2, 0) is 0 Å². The van der Waals surface area contributed by atoms with Gasteiger partial charge in [-0.3, -0.25) is 4.98 Å². The van der Waals surface area contributed by atoms with E-state index in [-0.39, 0.29) is 0 Å². The number of aromatic nitrogens is 1. The topological polar surface area (TPSA) is 24.9 Å². The summed E-state index contributed by atoms with van der Waals surface area (Å²) in [7, 11) is 2.05. The van der Waals surface area contributed by atoms with Crippen LogP contribution in [0, 0.1) is 5.92 Å². The second kappa shape index (κ2) is 3.87. The zero-order chi connectivity index (χ0) is 11.0. The van der Waals surface area contributed by atoms with Gasteiger partial charge in [-0.05, 0) is 42.8 Å². The van der Waals surface area contributed by atoms with Crippen LogP contribution < -0.4 is 5.32 Å². The molecule has 0 spiro atoms. The molecule has 0 aliphatic heterocycles. The number of nitrogens with zero attached hydrogens (tertiary/aromatic N) is 1. The van der Waals surface area contributed by atoms with Gasteiger partial charge in [-0.15, -0.1) is 0 Å². The van der Waals surface area contributed by atoms with Crippen molar-refractivity contribution in [2.45, 2.75) is 18.9 Å². The molecule has 1 saturated carbocycles. The van der Waals surface area contributed by atoms with E-state index in [0.717, 1.165) is 5.92 Å². The van der Waals surface area contributed by atoms with Gasteiger partial charge in [0.1, 0.15) is 0 Å². The van der Waals surface area contributed by atoms with Crippen molar-refractivity contribution in [3.05, 3.63) is 42.2 Å². The van der Waals surface area contributed by atoms with Crippen molar-refractivity contribution in [2.24, 2.45) is 5.92 Å². The molecule has 2 heteroatoms. The Kier molecular flexibility index (Phi) is 2.37. The fraction of sp³-hybridized carbons (Fsp3) is 0.357. The third kappa shape index (κ3) is 1.59. The number of pyridine rings is 1. The Bertz CT molecular complexity index is 498. The van der Waals surface area contributed by atoms with E-state index in [9.17, 15) is 0 Å². The molecule has 1 fully saturated rings. The normalized spacial score (nSPS) is 17.6. The molecule has 0 radical (unpaired) electrons. The van der Waals surface area contributed by atoms with Gasteiger partial charge in [0.25, 0.3) is 0 Å². The number of rotatable bonds is 3. The molecule has 0 bridgehead atoms. The van der Waals surface area contributed by atoms with Crippen LogP contribution in [0.25, 0.3) is 10.8 Å². The Morgan fingerprint density at radius 2 is 2.19 bits per heavy atom. The molecular formula is C14H16N2. The largest absolute Gasteiger partial charge is 0.313 e. The van der Waals surface area contributed by atoms with Crippen molar-refractivity contribution in [3.8, 4) is 0 Å². The minimum Gasteiger partial charge on any atom is -0.313 e. The maximum Gasteiger partial charge on any atom is 0.0352 e. The van der Waals surface area contributed by atoms with Crippen molar-refractivity contribution in [3.63, 3.8) is 0 Å². The van der Waals surface area contributed by atoms with Crippen molar-refractivity contribution < 1.29 is 0 Å². The van der Waals surface area contributed by atoms with Gasteiger partial charge in [0.2, 0.25) is 0 Å². The van der Waals surface area contributed by atoms with Gasteiger partial charge < -0.3 is 5.32 Å². The maximum atomic E-state index is 4.24. The van der Waals surface area contributed by atoms with Gasteiger partial charge >= 0.3 is 0 Å². The highest BCUT2D eigenvalue weighted by atomic mass is 14.9. The van der Waals surface area contributed by atoms with Gasteiger partial charge in [0.05, 0.1) is 0 Å².